The topological polar surface area (TPSA) is 143 Å². The summed E-state index contributed by atoms with van der Waals surface area (Å²) >= 11 is 15.1. The predicted octanol–water partition coefficient (Wildman–Crippen LogP) is 6.73. The molecule has 0 aromatic heterocycles. The Morgan fingerprint density at radius 3 is 1.16 bits per heavy atom. The molecule has 20 heteroatoms. The number of hydrogen-bond acceptors (Lipinski definition) is 14. The number of anilines is 3. The molecule has 0 bridgehead atoms. The van der Waals surface area contributed by atoms with Crippen LogP contribution in [0.1, 0.15) is 34.2 Å². The van der Waals surface area contributed by atoms with Crippen molar-refractivity contribution in [1.29, 1.82) is 0 Å². The van der Waals surface area contributed by atoms with Crippen LogP contribution in [-0.2, 0) is 25.6 Å². The lowest BCUT2D eigenvalue weighted by molar-refractivity contribution is -0.121. The first-order valence-electron chi connectivity index (χ1n) is 27.9. The number of carbonyl (C=O) groups is 4. The quantitative estimate of drug-likeness (QED) is 0.161. The van der Waals surface area contributed by atoms with E-state index in [0.717, 1.165) is 135 Å². The number of benzene rings is 4. The number of ether oxygens (including phenoxy) is 4. The van der Waals surface area contributed by atoms with Crippen LogP contribution in [0.25, 0.3) is 0 Å². The van der Waals surface area contributed by atoms with Crippen LogP contribution >= 0.6 is 34.8 Å². The SMILES string of the molecule is CN1CCNCC1.Cc1ccc2c(c1)CCCO2.Cc1ccc2c(c1)N(C(=O)CCl)CCO2.Cc1ccc2c(c1)N(C(=O)CN1CCN(C)CC1)CCO2.Cc1ccc2c(c1)N(C(=O)CN1CCN(C)CC1)CCO2.O=C(Cl)CCl. The zero-order chi connectivity index (χ0) is 57.6. The number of fused-ring (bicyclic) bond motifs is 4. The maximum Gasteiger partial charge on any atom is 0.242 e. The second-order valence-corrected chi connectivity index (χ2v) is 21.9. The van der Waals surface area contributed by atoms with E-state index in [1.807, 2.05) is 85.2 Å². The van der Waals surface area contributed by atoms with E-state index in [4.69, 9.17) is 53.8 Å². The number of nitrogens with one attached hydrogen (secondary N) is 1. The Morgan fingerprint density at radius 2 is 0.800 bits per heavy atom. The van der Waals surface area contributed by atoms with Crippen LogP contribution in [0.2, 0.25) is 0 Å². The Kier molecular flexibility index (Phi) is 26.4. The van der Waals surface area contributed by atoms with Crippen molar-refractivity contribution >= 4 is 74.8 Å². The summed E-state index contributed by atoms with van der Waals surface area (Å²) in [6, 6.07) is 24.2. The monoisotopic (exact) mass is 1160 g/mol. The summed E-state index contributed by atoms with van der Waals surface area (Å²) in [5, 5.41) is 2.77. The smallest absolute Gasteiger partial charge is 0.242 e. The second-order valence-electron chi connectivity index (χ2n) is 21.0. The van der Waals surface area contributed by atoms with Gasteiger partial charge >= 0.3 is 0 Å². The highest BCUT2D eigenvalue weighted by molar-refractivity contribution is 6.67. The summed E-state index contributed by atoms with van der Waals surface area (Å²) in [5.74, 6) is 3.66. The van der Waals surface area contributed by atoms with Crippen molar-refractivity contribution in [2.75, 3.05) is 185 Å². The highest BCUT2D eigenvalue weighted by atomic mass is 35.5. The lowest BCUT2D eigenvalue weighted by Crippen LogP contribution is -2.50. The van der Waals surface area contributed by atoms with Gasteiger partial charge in [0.15, 0.2) is 0 Å². The number of likely N-dealkylation sites (N-methyl/N-ethyl adjacent to an activating group) is 3. The number of alkyl halides is 2. The molecule has 7 aliphatic heterocycles. The molecule has 0 radical (unpaired) electrons. The van der Waals surface area contributed by atoms with Crippen LogP contribution in [-0.4, -0.2) is 218 Å². The van der Waals surface area contributed by atoms with Gasteiger partial charge in [-0.2, -0.15) is 0 Å². The summed E-state index contributed by atoms with van der Waals surface area (Å²) in [7, 11) is 6.40. The number of amides is 3. The van der Waals surface area contributed by atoms with Gasteiger partial charge in [0.05, 0.1) is 62.3 Å². The van der Waals surface area contributed by atoms with Crippen molar-refractivity contribution in [3.05, 3.63) is 101 Å². The Labute approximate surface area is 489 Å². The van der Waals surface area contributed by atoms with Gasteiger partial charge in [-0.25, -0.2) is 0 Å². The minimum atomic E-state index is -0.508. The number of rotatable bonds is 6. The summed E-state index contributed by atoms with van der Waals surface area (Å²) in [5.41, 5.74) is 8.76. The van der Waals surface area contributed by atoms with Crippen LogP contribution in [0.4, 0.5) is 17.1 Å². The molecule has 0 atom stereocenters. The van der Waals surface area contributed by atoms with Gasteiger partial charge in [0.2, 0.25) is 23.0 Å². The lowest BCUT2D eigenvalue weighted by atomic mass is 10.0. The van der Waals surface area contributed by atoms with Gasteiger partial charge < -0.3 is 53.7 Å². The fraction of sp³-hybridized carbons (Fsp3) is 0.533. The van der Waals surface area contributed by atoms with Gasteiger partial charge in [-0.05, 0) is 138 Å². The largest absolute Gasteiger partial charge is 0.493 e. The average Bonchev–Trinajstić information content (AvgIpc) is 3.48. The molecule has 80 heavy (non-hydrogen) atoms. The van der Waals surface area contributed by atoms with E-state index in [1.54, 1.807) is 4.90 Å². The van der Waals surface area contributed by atoms with Gasteiger partial charge in [0.1, 0.15) is 48.7 Å². The number of aryl methyl sites for hydroxylation is 5. The molecular weight excluding hydrogens is 1080 g/mol. The van der Waals surface area contributed by atoms with E-state index in [9.17, 15) is 19.2 Å². The molecule has 7 aliphatic rings. The van der Waals surface area contributed by atoms with Crippen LogP contribution < -0.4 is 39.0 Å². The molecule has 438 valence electrons. The molecule has 0 saturated carbocycles. The van der Waals surface area contributed by atoms with Crippen LogP contribution in [0, 0.1) is 27.7 Å². The number of carbonyl (C=O) groups excluding carboxylic acids is 4. The van der Waals surface area contributed by atoms with Crippen molar-refractivity contribution < 1.29 is 38.1 Å². The highest BCUT2D eigenvalue weighted by Gasteiger charge is 2.28. The van der Waals surface area contributed by atoms with E-state index in [2.05, 4.69) is 76.1 Å². The third-order valence-electron chi connectivity index (χ3n) is 14.4. The van der Waals surface area contributed by atoms with Gasteiger partial charge in [-0.3, -0.25) is 29.0 Å². The van der Waals surface area contributed by atoms with E-state index < -0.39 is 5.24 Å². The van der Waals surface area contributed by atoms with E-state index in [1.165, 1.54) is 30.6 Å². The molecule has 17 nitrogen and oxygen atoms in total. The van der Waals surface area contributed by atoms with Gasteiger partial charge in [0, 0.05) is 78.5 Å². The minimum Gasteiger partial charge on any atom is -0.493 e. The normalized spacial score (nSPS) is 18.0. The maximum atomic E-state index is 12.6. The summed E-state index contributed by atoms with van der Waals surface area (Å²) in [4.78, 5) is 63.2. The Morgan fingerprint density at radius 1 is 0.450 bits per heavy atom. The van der Waals surface area contributed by atoms with Crippen LogP contribution in [0.15, 0.2) is 72.8 Å². The first kappa shape index (κ1) is 64.0. The second kappa shape index (κ2) is 33.0. The molecule has 0 spiro atoms. The number of halogens is 3. The highest BCUT2D eigenvalue weighted by Crippen LogP contribution is 2.35. The molecule has 0 unspecified atom stereocenters. The Balaban J connectivity index is 0.000000164. The molecule has 3 saturated heterocycles. The number of piperazine rings is 3. The average molecular weight is 1170 g/mol. The zero-order valence-corrected chi connectivity index (χ0v) is 50.4. The molecule has 7 heterocycles. The van der Waals surface area contributed by atoms with Crippen molar-refractivity contribution in [3.63, 3.8) is 0 Å². The summed E-state index contributed by atoms with van der Waals surface area (Å²) in [6.07, 6.45) is 2.34. The van der Waals surface area contributed by atoms with E-state index >= 15 is 0 Å². The molecule has 0 aliphatic carbocycles. The van der Waals surface area contributed by atoms with Crippen LogP contribution in [0.5, 0.6) is 23.0 Å². The van der Waals surface area contributed by atoms with E-state index in [0.29, 0.717) is 52.5 Å². The van der Waals surface area contributed by atoms with Gasteiger partial charge in [0.25, 0.3) is 0 Å². The van der Waals surface area contributed by atoms with Crippen molar-refractivity contribution in [2.24, 2.45) is 0 Å². The molecule has 3 fully saturated rings. The molecule has 11 rings (SSSR count). The fourth-order valence-corrected chi connectivity index (χ4v) is 9.81. The zero-order valence-electron chi connectivity index (χ0n) is 48.1. The number of nitrogens with zero attached hydrogens (tertiary/aromatic N) is 8. The minimum absolute atomic E-state index is 0.00732. The van der Waals surface area contributed by atoms with Crippen LogP contribution in [0.3, 0.4) is 0 Å². The molecule has 4 aromatic rings. The molecule has 1 N–H and O–H groups in total. The van der Waals surface area contributed by atoms with Crippen molar-refractivity contribution in [1.82, 2.24) is 29.8 Å². The first-order chi connectivity index (χ1) is 38.5. The summed E-state index contributed by atoms with van der Waals surface area (Å²) < 4.78 is 22.2. The fourth-order valence-electron chi connectivity index (χ4n) is 9.66. The molecule has 3 amide bonds. The molecule has 4 aromatic carbocycles. The summed E-state index contributed by atoms with van der Waals surface area (Å²) in [6.45, 7) is 26.3. The maximum absolute atomic E-state index is 12.6. The third-order valence-corrected chi connectivity index (χ3v) is 15.1. The standard InChI is InChI=1S/2C16H23N3O2.C11H12ClNO2.C10H12O.C5H12N2.C2H2Cl2O/c2*1-13-3-4-15-14(11-13)19(9-10-21-15)16(20)12-18-7-5-17(2)6-8-18;1-8-2-3-10-9(6-8)13(4-5-15-10)11(14)7-12;1-8-4-5-10-9(7-8)3-2-6-11-10;1-7-4-2-6-3-5-7;3-1-2(4)5/h2*3-4,11H,5-10,12H2,1-2H3;2-3,6H,4-5,7H2,1H3;4-5,7H,2-3,6H2,1H3;6H,2-5H2,1H3;1H2. The van der Waals surface area contributed by atoms with Gasteiger partial charge in [-0.15, -0.1) is 23.2 Å². The third kappa shape index (κ3) is 20.3. The van der Waals surface area contributed by atoms with Crippen molar-refractivity contribution in [2.45, 2.75) is 40.5 Å². The van der Waals surface area contributed by atoms with Gasteiger partial charge in [-0.1, -0.05) is 35.9 Å². The molecular formula is C60H84Cl3N9O8. The Bertz CT molecular complexity index is 2530. The first-order valence-corrected chi connectivity index (χ1v) is 29.3. The number of hydrogen-bond donors (Lipinski definition) is 1. The van der Waals surface area contributed by atoms with Crippen molar-refractivity contribution in [3.8, 4) is 23.0 Å². The predicted molar refractivity (Wildman–Crippen MR) is 323 cm³/mol. The lowest BCUT2D eigenvalue weighted by Gasteiger charge is -2.35. The van der Waals surface area contributed by atoms with E-state index in [-0.39, 0.29) is 29.5 Å². The Hall–Kier alpha value is -5.21.